The lowest BCUT2D eigenvalue weighted by atomic mass is 10.1. The first kappa shape index (κ1) is 20.2. The van der Waals surface area contributed by atoms with Gasteiger partial charge in [-0.1, -0.05) is 18.2 Å². The third-order valence-corrected chi connectivity index (χ3v) is 4.27. The summed E-state index contributed by atoms with van der Waals surface area (Å²) in [6, 6.07) is 13.9. The molecule has 0 fully saturated rings. The number of allylic oxidation sites excluding steroid dienone is 1. The van der Waals surface area contributed by atoms with E-state index in [4.69, 9.17) is 0 Å². The lowest BCUT2D eigenvalue weighted by Gasteiger charge is -2.12. The Morgan fingerprint density at radius 3 is 2.59 bits per heavy atom. The van der Waals surface area contributed by atoms with E-state index in [1.54, 1.807) is 41.4 Å². The highest BCUT2D eigenvalue weighted by molar-refractivity contribution is 6.05. The summed E-state index contributed by atoms with van der Waals surface area (Å²) in [6.07, 6.45) is 3.20. The molecule has 4 nitrogen and oxygen atoms in total. The van der Waals surface area contributed by atoms with Crippen molar-refractivity contribution < 1.29 is 13.6 Å². The van der Waals surface area contributed by atoms with E-state index < -0.39 is 11.6 Å². The van der Waals surface area contributed by atoms with Gasteiger partial charge in [0.25, 0.3) is 0 Å². The van der Waals surface area contributed by atoms with Crippen molar-refractivity contribution in [2.24, 2.45) is 0 Å². The molecule has 6 heteroatoms. The van der Waals surface area contributed by atoms with E-state index in [0.29, 0.717) is 17.1 Å². The fourth-order valence-electron chi connectivity index (χ4n) is 2.71. The van der Waals surface area contributed by atoms with Gasteiger partial charge in [-0.25, -0.2) is 13.8 Å². The van der Waals surface area contributed by atoms with Crippen LogP contribution in [0.25, 0.3) is 11.3 Å². The maximum atomic E-state index is 14.1. The number of carbonyl (C=O) groups is 1. The molecule has 0 aliphatic carbocycles. The van der Waals surface area contributed by atoms with Gasteiger partial charge in [0, 0.05) is 49.3 Å². The van der Waals surface area contributed by atoms with E-state index in [9.17, 15) is 13.6 Å². The summed E-state index contributed by atoms with van der Waals surface area (Å²) in [4.78, 5) is 18.6. The Balaban J connectivity index is 1.88. The number of halogens is 2. The van der Waals surface area contributed by atoms with Gasteiger partial charge >= 0.3 is 0 Å². The molecule has 0 radical (unpaired) electrons. The van der Waals surface area contributed by atoms with E-state index in [-0.39, 0.29) is 11.3 Å². The predicted molar refractivity (Wildman–Crippen MR) is 111 cm³/mol. The van der Waals surface area contributed by atoms with Gasteiger partial charge in [-0.2, -0.15) is 0 Å². The zero-order chi connectivity index (χ0) is 21.0. The fraction of sp³-hybridized carbons (Fsp3) is 0.130. The van der Waals surface area contributed by atoms with Crippen LogP contribution in [0.2, 0.25) is 0 Å². The SMILES string of the molecule is Cc1ccc(C(=O)/C=C/N(C)C)cc1Nc1cccc(-c2ccc(F)cc2F)n1. The maximum Gasteiger partial charge on any atom is 0.187 e. The highest BCUT2D eigenvalue weighted by Gasteiger charge is 2.10. The van der Waals surface area contributed by atoms with Crippen LogP contribution in [0, 0.1) is 18.6 Å². The van der Waals surface area contributed by atoms with Crippen molar-refractivity contribution in [3.63, 3.8) is 0 Å². The highest BCUT2D eigenvalue weighted by Crippen LogP contribution is 2.26. The summed E-state index contributed by atoms with van der Waals surface area (Å²) in [7, 11) is 3.68. The van der Waals surface area contributed by atoms with Crippen molar-refractivity contribution in [2.45, 2.75) is 6.92 Å². The summed E-state index contributed by atoms with van der Waals surface area (Å²) < 4.78 is 27.3. The first-order chi connectivity index (χ1) is 13.8. The van der Waals surface area contributed by atoms with Crippen molar-refractivity contribution >= 4 is 17.3 Å². The number of aromatic nitrogens is 1. The molecular formula is C23H21F2N3O. The van der Waals surface area contributed by atoms with Crippen LogP contribution in [0.15, 0.2) is 66.9 Å². The lowest BCUT2D eigenvalue weighted by molar-refractivity contribution is 0.104. The molecule has 0 saturated carbocycles. The molecule has 0 spiro atoms. The zero-order valence-corrected chi connectivity index (χ0v) is 16.4. The fourth-order valence-corrected chi connectivity index (χ4v) is 2.71. The minimum Gasteiger partial charge on any atom is -0.383 e. The molecule has 0 aliphatic rings. The number of benzene rings is 2. The van der Waals surface area contributed by atoms with Crippen LogP contribution in [0.5, 0.6) is 0 Å². The van der Waals surface area contributed by atoms with E-state index in [1.165, 1.54) is 18.2 Å². The van der Waals surface area contributed by atoms with Crippen LogP contribution < -0.4 is 5.32 Å². The largest absolute Gasteiger partial charge is 0.383 e. The lowest BCUT2D eigenvalue weighted by Crippen LogP contribution is -2.04. The second-order valence-corrected chi connectivity index (χ2v) is 6.83. The average Bonchev–Trinajstić information content (AvgIpc) is 2.68. The Labute approximate surface area is 168 Å². The summed E-state index contributed by atoms with van der Waals surface area (Å²) in [6.45, 7) is 1.91. The monoisotopic (exact) mass is 393 g/mol. The van der Waals surface area contributed by atoms with Gasteiger partial charge in [0.2, 0.25) is 0 Å². The van der Waals surface area contributed by atoms with Crippen LogP contribution >= 0.6 is 0 Å². The first-order valence-electron chi connectivity index (χ1n) is 9.02. The first-order valence-corrected chi connectivity index (χ1v) is 9.02. The minimum atomic E-state index is -0.675. The number of nitrogens with zero attached hydrogens (tertiary/aromatic N) is 2. The Morgan fingerprint density at radius 1 is 1.07 bits per heavy atom. The Hall–Kier alpha value is -3.54. The third kappa shape index (κ3) is 5.04. The van der Waals surface area contributed by atoms with E-state index in [2.05, 4.69) is 10.3 Å². The summed E-state index contributed by atoms with van der Waals surface area (Å²) >= 11 is 0. The quantitative estimate of drug-likeness (QED) is 0.454. The van der Waals surface area contributed by atoms with Crippen molar-refractivity contribution in [2.75, 3.05) is 19.4 Å². The van der Waals surface area contributed by atoms with Crippen LogP contribution in [-0.2, 0) is 0 Å². The van der Waals surface area contributed by atoms with Gasteiger partial charge in [0.05, 0.1) is 5.69 Å². The molecule has 1 N–H and O–H groups in total. The molecule has 148 valence electrons. The molecule has 1 heterocycles. The number of hydrogen-bond acceptors (Lipinski definition) is 4. The molecule has 0 unspecified atom stereocenters. The van der Waals surface area contributed by atoms with Crippen LogP contribution in [0.1, 0.15) is 15.9 Å². The second kappa shape index (κ2) is 8.65. The third-order valence-electron chi connectivity index (χ3n) is 4.27. The number of pyridine rings is 1. The maximum absolute atomic E-state index is 14.1. The van der Waals surface area contributed by atoms with Gasteiger partial charge in [-0.3, -0.25) is 4.79 Å². The Kier molecular flexibility index (Phi) is 6.02. The summed E-state index contributed by atoms with van der Waals surface area (Å²) in [5.74, 6) is -0.938. The normalized spacial score (nSPS) is 10.9. The molecule has 0 aliphatic heterocycles. The molecule has 0 amide bonds. The van der Waals surface area contributed by atoms with Gasteiger partial charge in [-0.15, -0.1) is 0 Å². The van der Waals surface area contributed by atoms with Crippen molar-refractivity contribution in [1.29, 1.82) is 0 Å². The summed E-state index contributed by atoms with van der Waals surface area (Å²) in [5, 5.41) is 3.18. The van der Waals surface area contributed by atoms with Crippen LogP contribution in [-0.4, -0.2) is 29.8 Å². The van der Waals surface area contributed by atoms with Gasteiger partial charge in [0.15, 0.2) is 5.78 Å². The number of nitrogens with one attached hydrogen (secondary N) is 1. The van der Waals surface area contributed by atoms with E-state index >= 15 is 0 Å². The zero-order valence-electron chi connectivity index (χ0n) is 16.4. The smallest absolute Gasteiger partial charge is 0.187 e. The Morgan fingerprint density at radius 2 is 1.86 bits per heavy atom. The van der Waals surface area contributed by atoms with Crippen molar-refractivity contribution in [3.05, 3.63) is 89.6 Å². The molecule has 0 saturated heterocycles. The molecule has 0 bridgehead atoms. The Bertz CT molecular complexity index is 1080. The number of anilines is 2. The second-order valence-electron chi connectivity index (χ2n) is 6.83. The number of ketones is 1. The van der Waals surface area contributed by atoms with E-state index in [0.717, 1.165) is 17.3 Å². The van der Waals surface area contributed by atoms with Gasteiger partial charge < -0.3 is 10.2 Å². The number of rotatable bonds is 6. The number of carbonyl (C=O) groups excluding carboxylic acids is 1. The van der Waals surface area contributed by atoms with Crippen LogP contribution in [0.4, 0.5) is 20.3 Å². The molecule has 2 aromatic carbocycles. The number of aryl methyl sites for hydroxylation is 1. The molecule has 1 aromatic heterocycles. The number of hydrogen-bond donors (Lipinski definition) is 1. The molecular weight excluding hydrogens is 372 g/mol. The topological polar surface area (TPSA) is 45.2 Å². The molecule has 3 rings (SSSR count). The van der Waals surface area contributed by atoms with Gasteiger partial charge in [0.1, 0.15) is 17.5 Å². The molecule has 3 aromatic rings. The van der Waals surface area contributed by atoms with Gasteiger partial charge in [-0.05, 0) is 42.8 Å². The molecule has 29 heavy (non-hydrogen) atoms. The minimum absolute atomic E-state index is 0.114. The predicted octanol–water partition coefficient (Wildman–Crippen LogP) is 5.34. The van der Waals surface area contributed by atoms with Crippen molar-refractivity contribution in [1.82, 2.24) is 9.88 Å². The average molecular weight is 393 g/mol. The molecule has 0 atom stereocenters. The summed E-state index contributed by atoms with van der Waals surface area (Å²) in [5.41, 5.74) is 2.78. The standard InChI is InChI=1S/C23H21F2N3O/c1-15-7-8-16(22(29)11-12-28(2)3)13-21(15)27-23-6-4-5-20(26-23)18-10-9-17(24)14-19(18)25/h4-14H,1-3H3,(H,26,27)/b12-11+. The van der Waals surface area contributed by atoms with E-state index in [1.807, 2.05) is 27.1 Å². The van der Waals surface area contributed by atoms with Crippen LogP contribution in [0.3, 0.4) is 0 Å². The van der Waals surface area contributed by atoms with Crippen molar-refractivity contribution in [3.8, 4) is 11.3 Å². The highest BCUT2D eigenvalue weighted by atomic mass is 19.1.